The number of amides is 1. The Morgan fingerprint density at radius 3 is 2.50 bits per heavy atom. The van der Waals surface area contributed by atoms with E-state index in [0.29, 0.717) is 11.3 Å². The number of carbonyl (C=O) groups is 1. The highest BCUT2D eigenvalue weighted by Crippen LogP contribution is 2.24. The number of rotatable bonds is 2. The minimum atomic E-state index is -0.126. The molecule has 0 spiro atoms. The molecule has 2 aromatic rings. The summed E-state index contributed by atoms with van der Waals surface area (Å²) in [5.41, 5.74) is 2.79. The lowest BCUT2D eigenvalue weighted by Crippen LogP contribution is -2.21. The van der Waals surface area contributed by atoms with Gasteiger partial charge < -0.3 is 0 Å². The quantitative estimate of drug-likeness (QED) is 0.782. The molecule has 2 heterocycles. The summed E-state index contributed by atoms with van der Waals surface area (Å²) in [7, 11) is 0. The molecule has 0 bridgehead atoms. The highest BCUT2D eigenvalue weighted by molar-refractivity contribution is 6.32. The fraction of sp³-hybridized carbons (Fsp3) is 0.0625. The molecule has 1 aromatic heterocycles. The second-order valence-corrected chi connectivity index (χ2v) is 4.45. The van der Waals surface area contributed by atoms with Crippen molar-refractivity contribution in [3.63, 3.8) is 0 Å². The Balaban J connectivity index is 1.96. The Morgan fingerprint density at radius 1 is 1.05 bits per heavy atom. The summed E-state index contributed by atoms with van der Waals surface area (Å²) >= 11 is 0. The molecule has 0 unspecified atom stereocenters. The van der Waals surface area contributed by atoms with E-state index in [1.165, 1.54) is 5.01 Å². The van der Waals surface area contributed by atoms with Crippen LogP contribution in [0, 0.1) is 0 Å². The third kappa shape index (κ3) is 2.23. The van der Waals surface area contributed by atoms with Crippen LogP contribution in [0.25, 0.3) is 6.08 Å². The lowest BCUT2D eigenvalue weighted by molar-refractivity contribution is -0.114. The SMILES string of the molecule is CC1=NN(c2ccccc2)C(=O)/C1=C/c1ccccn1. The molecule has 0 fully saturated rings. The van der Waals surface area contributed by atoms with Gasteiger partial charge in [-0.05, 0) is 37.3 Å². The van der Waals surface area contributed by atoms with Gasteiger partial charge in [0.1, 0.15) is 0 Å². The number of anilines is 1. The van der Waals surface area contributed by atoms with Crippen LogP contribution in [0.4, 0.5) is 5.69 Å². The van der Waals surface area contributed by atoms with Crippen LogP contribution >= 0.6 is 0 Å². The Bertz CT molecular complexity index is 690. The molecule has 0 aliphatic carbocycles. The van der Waals surface area contributed by atoms with Gasteiger partial charge in [-0.25, -0.2) is 0 Å². The van der Waals surface area contributed by atoms with Crippen molar-refractivity contribution in [1.29, 1.82) is 0 Å². The van der Waals surface area contributed by atoms with Gasteiger partial charge in [-0.2, -0.15) is 10.1 Å². The van der Waals surface area contributed by atoms with E-state index in [2.05, 4.69) is 10.1 Å². The average molecular weight is 263 g/mol. The molecule has 0 saturated heterocycles. The molecule has 98 valence electrons. The molecule has 0 radical (unpaired) electrons. The zero-order valence-electron chi connectivity index (χ0n) is 11.0. The van der Waals surface area contributed by atoms with Crippen LogP contribution in [0.15, 0.2) is 65.4 Å². The monoisotopic (exact) mass is 263 g/mol. The second-order valence-electron chi connectivity index (χ2n) is 4.45. The van der Waals surface area contributed by atoms with Crippen molar-refractivity contribution in [3.8, 4) is 0 Å². The minimum absolute atomic E-state index is 0.126. The van der Waals surface area contributed by atoms with E-state index in [1.54, 1.807) is 12.3 Å². The number of hydrazone groups is 1. The smallest absolute Gasteiger partial charge is 0.267 e. The first kappa shape index (κ1) is 12.3. The standard InChI is InChI=1S/C16H13N3O/c1-12-15(11-13-7-5-6-10-17-13)16(20)19(18-12)14-8-3-2-4-9-14/h2-11H,1H3/b15-11+. The van der Waals surface area contributed by atoms with Gasteiger partial charge in [0, 0.05) is 6.20 Å². The van der Waals surface area contributed by atoms with Crippen LogP contribution in [-0.2, 0) is 4.79 Å². The van der Waals surface area contributed by atoms with Crippen LogP contribution in [0.1, 0.15) is 12.6 Å². The van der Waals surface area contributed by atoms with E-state index >= 15 is 0 Å². The minimum Gasteiger partial charge on any atom is -0.267 e. The molecule has 0 N–H and O–H groups in total. The first-order chi connectivity index (χ1) is 9.75. The molecule has 1 aliphatic rings. The van der Waals surface area contributed by atoms with Gasteiger partial charge in [0.15, 0.2) is 0 Å². The normalized spacial score (nSPS) is 16.6. The van der Waals surface area contributed by atoms with Gasteiger partial charge in [-0.3, -0.25) is 9.78 Å². The number of para-hydroxylation sites is 1. The third-order valence-corrected chi connectivity index (χ3v) is 3.04. The number of hydrogen-bond acceptors (Lipinski definition) is 3. The number of nitrogens with zero attached hydrogens (tertiary/aromatic N) is 3. The summed E-state index contributed by atoms with van der Waals surface area (Å²) in [5.74, 6) is -0.126. The van der Waals surface area contributed by atoms with Crippen molar-refractivity contribution in [2.45, 2.75) is 6.92 Å². The summed E-state index contributed by atoms with van der Waals surface area (Å²) in [5, 5.41) is 5.74. The molecule has 20 heavy (non-hydrogen) atoms. The summed E-state index contributed by atoms with van der Waals surface area (Å²) in [6, 6.07) is 15.0. The Labute approximate surface area is 117 Å². The van der Waals surface area contributed by atoms with Crippen LogP contribution in [0.3, 0.4) is 0 Å². The van der Waals surface area contributed by atoms with Crippen molar-refractivity contribution >= 4 is 23.4 Å². The van der Waals surface area contributed by atoms with Gasteiger partial charge in [-0.15, -0.1) is 0 Å². The third-order valence-electron chi connectivity index (χ3n) is 3.04. The first-order valence-corrected chi connectivity index (χ1v) is 6.33. The van der Waals surface area contributed by atoms with E-state index in [0.717, 1.165) is 11.4 Å². The van der Waals surface area contributed by atoms with Crippen LogP contribution in [0.5, 0.6) is 0 Å². The van der Waals surface area contributed by atoms with E-state index in [-0.39, 0.29) is 5.91 Å². The number of aromatic nitrogens is 1. The van der Waals surface area contributed by atoms with Crippen LogP contribution < -0.4 is 5.01 Å². The summed E-state index contributed by atoms with van der Waals surface area (Å²) in [6.45, 7) is 1.83. The predicted molar refractivity (Wildman–Crippen MR) is 79.3 cm³/mol. The summed E-state index contributed by atoms with van der Waals surface area (Å²) in [6.07, 6.45) is 3.47. The number of carbonyl (C=O) groups excluding carboxylic acids is 1. The average Bonchev–Trinajstić information content (AvgIpc) is 2.77. The molecule has 4 nitrogen and oxygen atoms in total. The zero-order valence-corrected chi connectivity index (χ0v) is 11.0. The maximum absolute atomic E-state index is 12.4. The number of hydrogen-bond donors (Lipinski definition) is 0. The molecular formula is C16H13N3O. The van der Waals surface area contributed by atoms with Crippen molar-refractivity contribution < 1.29 is 4.79 Å². The molecule has 4 heteroatoms. The van der Waals surface area contributed by atoms with Gasteiger partial charge >= 0.3 is 0 Å². The maximum Gasteiger partial charge on any atom is 0.280 e. The van der Waals surface area contributed by atoms with Gasteiger partial charge in [0.05, 0.1) is 22.7 Å². The van der Waals surface area contributed by atoms with Crippen molar-refractivity contribution in [2.75, 3.05) is 5.01 Å². The Kier molecular flexibility index (Phi) is 3.13. The van der Waals surface area contributed by atoms with Crippen LogP contribution in [0.2, 0.25) is 0 Å². The Morgan fingerprint density at radius 2 is 1.80 bits per heavy atom. The molecule has 3 rings (SSSR count). The molecule has 1 amide bonds. The largest absolute Gasteiger partial charge is 0.280 e. The first-order valence-electron chi connectivity index (χ1n) is 6.33. The van der Waals surface area contributed by atoms with E-state index in [4.69, 9.17) is 0 Å². The van der Waals surface area contributed by atoms with Gasteiger partial charge in [0.25, 0.3) is 5.91 Å². The second kappa shape index (κ2) is 5.09. The predicted octanol–water partition coefficient (Wildman–Crippen LogP) is 2.89. The van der Waals surface area contributed by atoms with Gasteiger partial charge in [0.2, 0.25) is 0 Å². The molecule has 1 aliphatic heterocycles. The van der Waals surface area contributed by atoms with Crippen molar-refractivity contribution in [2.24, 2.45) is 5.10 Å². The summed E-state index contributed by atoms with van der Waals surface area (Å²) < 4.78 is 0. The lowest BCUT2D eigenvalue weighted by atomic mass is 10.1. The molecule has 0 saturated carbocycles. The van der Waals surface area contributed by atoms with Crippen LogP contribution in [-0.4, -0.2) is 16.6 Å². The molecule has 1 aromatic carbocycles. The highest BCUT2D eigenvalue weighted by atomic mass is 16.2. The Hall–Kier alpha value is -2.75. The summed E-state index contributed by atoms with van der Waals surface area (Å²) in [4.78, 5) is 16.6. The van der Waals surface area contributed by atoms with Crippen molar-refractivity contribution in [3.05, 3.63) is 66.0 Å². The van der Waals surface area contributed by atoms with Crippen molar-refractivity contribution in [1.82, 2.24) is 4.98 Å². The zero-order chi connectivity index (χ0) is 13.9. The lowest BCUT2D eigenvalue weighted by Gasteiger charge is -2.10. The maximum atomic E-state index is 12.4. The fourth-order valence-electron chi connectivity index (χ4n) is 2.04. The number of benzene rings is 1. The topological polar surface area (TPSA) is 45.6 Å². The van der Waals surface area contributed by atoms with E-state index < -0.39 is 0 Å². The van der Waals surface area contributed by atoms with E-state index in [1.807, 2.05) is 55.5 Å². The fourth-order valence-corrected chi connectivity index (χ4v) is 2.04. The highest BCUT2D eigenvalue weighted by Gasteiger charge is 2.28. The number of pyridine rings is 1. The molecular weight excluding hydrogens is 250 g/mol. The van der Waals surface area contributed by atoms with Gasteiger partial charge in [-0.1, -0.05) is 24.3 Å². The van der Waals surface area contributed by atoms with E-state index in [9.17, 15) is 4.79 Å². The molecule has 0 atom stereocenters.